The summed E-state index contributed by atoms with van der Waals surface area (Å²) in [4.78, 5) is 0. The molecule has 1 aliphatic heterocycles. The van der Waals surface area contributed by atoms with Crippen LogP contribution in [0.2, 0.25) is 5.54 Å². The highest BCUT2D eigenvalue weighted by molar-refractivity contribution is 6.98. The van der Waals surface area contributed by atoms with Crippen LogP contribution < -0.4 is 15.7 Å². The fraction of sp³-hybridized carbons (Fsp3) is 0.294. The molecule has 1 fully saturated rings. The van der Waals surface area contributed by atoms with Crippen molar-refractivity contribution in [1.82, 2.24) is 0 Å². The summed E-state index contributed by atoms with van der Waals surface area (Å²) in [5.74, 6) is 0. The van der Waals surface area contributed by atoms with E-state index >= 15 is 4.11 Å². The molecule has 0 bridgehead atoms. The molecule has 1 heterocycles. The van der Waals surface area contributed by atoms with E-state index in [1.807, 2.05) is 60.7 Å². The van der Waals surface area contributed by atoms with Crippen LogP contribution in [0.5, 0.6) is 0 Å². The highest BCUT2D eigenvalue weighted by Gasteiger charge is 2.47. The lowest BCUT2D eigenvalue weighted by atomic mass is 10.2. The van der Waals surface area contributed by atoms with Gasteiger partial charge >= 0.3 is 8.41 Å². The summed E-state index contributed by atoms with van der Waals surface area (Å²) in [6.07, 6.45) is 1.99. The van der Waals surface area contributed by atoms with Crippen molar-refractivity contribution in [3.63, 3.8) is 0 Å². The Labute approximate surface area is 121 Å². The summed E-state index contributed by atoms with van der Waals surface area (Å²) in [6, 6.07) is 19.7. The molecule has 3 heteroatoms. The Bertz CT molecular complexity index is 498. The zero-order valence-corrected chi connectivity index (χ0v) is 12.6. The van der Waals surface area contributed by atoms with Crippen molar-refractivity contribution < 1.29 is 9.42 Å². The maximum atomic E-state index is 16.3. The first-order valence-electron chi connectivity index (χ1n) is 7.43. The van der Waals surface area contributed by atoms with Crippen LogP contribution in [0.1, 0.15) is 12.8 Å². The molecule has 0 saturated carbocycles. The minimum absolute atomic E-state index is 0.206. The predicted octanol–water partition coefficient (Wildman–Crippen LogP) is 1.44. The predicted molar refractivity (Wildman–Crippen MR) is 83.7 cm³/mol. The lowest BCUT2D eigenvalue weighted by Crippen LogP contribution is -2.87. The first-order chi connectivity index (χ1) is 9.82. The van der Waals surface area contributed by atoms with Gasteiger partial charge in [-0.05, 0) is 10.4 Å². The Hall–Kier alpha value is -1.45. The van der Waals surface area contributed by atoms with Crippen molar-refractivity contribution in [1.29, 1.82) is 0 Å². The molecule has 2 aromatic rings. The number of benzene rings is 2. The fourth-order valence-electron chi connectivity index (χ4n) is 3.32. The molecule has 0 radical (unpaired) electrons. The van der Waals surface area contributed by atoms with Crippen molar-refractivity contribution in [2.24, 2.45) is 0 Å². The molecular weight excluding hydrogens is 265 g/mol. The van der Waals surface area contributed by atoms with Crippen molar-refractivity contribution in [2.45, 2.75) is 18.4 Å². The lowest BCUT2D eigenvalue weighted by molar-refractivity contribution is -0.662. The largest absolute Gasteiger partial charge is 0.346 e. The van der Waals surface area contributed by atoms with E-state index < -0.39 is 8.41 Å². The van der Waals surface area contributed by atoms with Gasteiger partial charge in [0.2, 0.25) is 0 Å². The normalized spacial score (nSPS) is 17.1. The Morgan fingerprint density at radius 3 is 1.70 bits per heavy atom. The summed E-state index contributed by atoms with van der Waals surface area (Å²) in [7, 11) is -3.12. The van der Waals surface area contributed by atoms with Crippen LogP contribution in [-0.4, -0.2) is 21.5 Å². The Balaban J connectivity index is 2.07. The quantitative estimate of drug-likeness (QED) is 0.649. The van der Waals surface area contributed by atoms with E-state index in [9.17, 15) is 0 Å². The Morgan fingerprint density at radius 2 is 1.25 bits per heavy atom. The topological polar surface area (TPSA) is 16.6 Å². The second-order valence-electron chi connectivity index (χ2n) is 5.58. The van der Waals surface area contributed by atoms with Gasteiger partial charge in [-0.15, -0.1) is 0 Å². The fourth-order valence-corrected chi connectivity index (χ4v) is 7.08. The van der Waals surface area contributed by atoms with Gasteiger partial charge < -0.3 is 9.42 Å². The van der Waals surface area contributed by atoms with E-state index in [1.54, 1.807) is 0 Å². The standard InChI is InChI=1S/C17H20FNSi/c18-20(15-7-3-1-4-8-15,16-9-5-2-6-10-16)17-11-13-19-14-12-17/h1-10,17,19H,11-14H2/p+1. The van der Waals surface area contributed by atoms with Crippen LogP contribution >= 0.6 is 0 Å². The van der Waals surface area contributed by atoms with Gasteiger partial charge in [-0.25, -0.2) is 0 Å². The maximum Gasteiger partial charge on any atom is 0.311 e. The molecule has 1 aliphatic rings. The van der Waals surface area contributed by atoms with Crippen LogP contribution in [0.15, 0.2) is 60.7 Å². The zero-order chi connectivity index (χ0) is 13.8. The maximum absolute atomic E-state index is 16.3. The van der Waals surface area contributed by atoms with Crippen LogP contribution in [0.3, 0.4) is 0 Å². The van der Waals surface area contributed by atoms with Gasteiger partial charge in [0, 0.05) is 18.4 Å². The average Bonchev–Trinajstić information content (AvgIpc) is 2.56. The first kappa shape index (κ1) is 13.5. The van der Waals surface area contributed by atoms with Gasteiger partial charge in [0.25, 0.3) is 0 Å². The minimum atomic E-state index is -3.12. The number of hydrogen-bond donors (Lipinski definition) is 1. The number of rotatable bonds is 3. The second kappa shape index (κ2) is 5.90. The molecule has 0 spiro atoms. The van der Waals surface area contributed by atoms with E-state index in [1.165, 1.54) is 0 Å². The molecule has 1 nitrogen and oxygen atoms in total. The molecule has 0 unspecified atom stereocenters. The Morgan fingerprint density at radius 1 is 0.800 bits per heavy atom. The lowest BCUT2D eigenvalue weighted by Gasteiger charge is -2.33. The van der Waals surface area contributed by atoms with Gasteiger partial charge in [-0.3, -0.25) is 0 Å². The smallest absolute Gasteiger partial charge is 0.311 e. The van der Waals surface area contributed by atoms with Crippen LogP contribution in [0, 0.1) is 0 Å². The van der Waals surface area contributed by atoms with Crippen LogP contribution in [0.25, 0.3) is 0 Å². The molecule has 0 aliphatic carbocycles. The average molecular weight is 286 g/mol. The van der Waals surface area contributed by atoms with Gasteiger partial charge in [-0.1, -0.05) is 60.7 Å². The minimum Gasteiger partial charge on any atom is -0.346 e. The SMILES string of the molecule is F[Si](c1ccccc1)(c1ccccc1)C1CC[NH2+]CC1. The van der Waals surface area contributed by atoms with E-state index in [0.717, 1.165) is 36.3 Å². The molecular formula is C17H21FNSi+. The highest BCUT2D eigenvalue weighted by Crippen LogP contribution is 2.30. The van der Waals surface area contributed by atoms with E-state index in [4.69, 9.17) is 0 Å². The monoisotopic (exact) mass is 286 g/mol. The number of piperidine rings is 1. The molecule has 3 rings (SSSR count). The third-order valence-corrected chi connectivity index (χ3v) is 8.44. The third kappa shape index (κ3) is 2.43. The zero-order valence-electron chi connectivity index (χ0n) is 11.6. The Kier molecular flexibility index (Phi) is 3.99. The highest BCUT2D eigenvalue weighted by atomic mass is 28.4. The molecule has 0 aromatic heterocycles. The van der Waals surface area contributed by atoms with E-state index in [2.05, 4.69) is 5.32 Å². The summed E-state index contributed by atoms with van der Waals surface area (Å²) < 4.78 is 16.3. The molecule has 2 N–H and O–H groups in total. The molecule has 2 aromatic carbocycles. The van der Waals surface area contributed by atoms with Gasteiger partial charge in [0.15, 0.2) is 0 Å². The first-order valence-corrected chi connectivity index (χ1v) is 9.39. The van der Waals surface area contributed by atoms with E-state index in [0.29, 0.717) is 0 Å². The van der Waals surface area contributed by atoms with Crippen molar-refractivity contribution >= 4 is 18.8 Å². The number of halogens is 1. The summed E-state index contributed by atoms with van der Waals surface area (Å²) >= 11 is 0. The van der Waals surface area contributed by atoms with Crippen LogP contribution in [-0.2, 0) is 0 Å². The summed E-state index contributed by atoms with van der Waals surface area (Å²) in [5.41, 5.74) is 0.206. The molecule has 20 heavy (non-hydrogen) atoms. The summed E-state index contributed by atoms with van der Waals surface area (Å²) in [5, 5.41) is 4.16. The van der Waals surface area contributed by atoms with Gasteiger partial charge in [0.05, 0.1) is 13.1 Å². The number of nitrogens with two attached hydrogens (primary N) is 1. The molecule has 104 valence electrons. The number of quaternary nitrogens is 1. The third-order valence-electron chi connectivity index (χ3n) is 4.39. The summed E-state index contributed by atoms with van der Waals surface area (Å²) in [6.45, 7) is 2.12. The molecule has 0 amide bonds. The van der Waals surface area contributed by atoms with Crippen molar-refractivity contribution in [2.75, 3.05) is 13.1 Å². The van der Waals surface area contributed by atoms with Crippen LogP contribution in [0.4, 0.5) is 4.11 Å². The molecule has 0 atom stereocenters. The second-order valence-corrected chi connectivity index (χ2v) is 8.98. The van der Waals surface area contributed by atoms with Crippen molar-refractivity contribution in [3.05, 3.63) is 60.7 Å². The van der Waals surface area contributed by atoms with Gasteiger partial charge in [0.1, 0.15) is 0 Å². The van der Waals surface area contributed by atoms with Gasteiger partial charge in [-0.2, -0.15) is 0 Å². The van der Waals surface area contributed by atoms with E-state index in [-0.39, 0.29) is 5.54 Å². The number of hydrogen-bond acceptors (Lipinski definition) is 0. The molecule has 1 saturated heterocycles. The van der Waals surface area contributed by atoms with Crippen molar-refractivity contribution in [3.8, 4) is 0 Å².